The molecule has 20 heavy (non-hydrogen) atoms. The molecule has 0 bridgehead atoms. The Kier molecular flexibility index (Phi) is 4.47. The van der Waals surface area contributed by atoms with Crippen molar-refractivity contribution in [1.82, 2.24) is 0 Å². The number of halogens is 2. The number of hydrogen-bond donors (Lipinski definition) is 1. The highest BCUT2D eigenvalue weighted by Crippen LogP contribution is 2.40. The molecule has 0 aliphatic carbocycles. The lowest BCUT2D eigenvalue weighted by atomic mass is 10.0. The molecule has 5 heteroatoms. The van der Waals surface area contributed by atoms with Gasteiger partial charge in [-0.2, -0.15) is 0 Å². The van der Waals surface area contributed by atoms with Crippen molar-refractivity contribution < 1.29 is 19.0 Å². The summed E-state index contributed by atoms with van der Waals surface area (Å²) in [5.74, 6) is 0.382. The van der Waals surface area contributed by atoms with Crippen LogP contribution in [0, 0.1) is 5.82 Å². The van der Waals surface area contributed by atoms with Crippen LogP contribution in [-0.4, -0.2) is 19.3 Å². The number of methoxy groups -OCH3 is 2. The summed E-state index contributed by atoms with van der Waals surface area (Å²) in [6, 6.07) is 9.00. The zero-order valence-electron chi connectivity index (χ0n) is 11.1. The van der Waals surface area contributed by atoms with Crippen LogP contribution in [0.1, 0.15) is 17.2 Å². The van der Waals surface area contributed by atoms with Gasteiger partial charge in [0.25, 0.3) is 0 Å². The lowest BCUT2D eigenvalue weighted by molar-refractivity contribution is 0.219. The SMILES string of the molecule is COc1ccc(C(O)c2cccc(F)c2)c(Cl)c1OC. The predicted octanol–water partition coefficient (Wildman–Crippen LogP) is 3.58. The summed E-state index contributed by atoms with van der Waals surface area (Å²) >= 11 is 6.22. The van der Waals surface area contributed by atoms with Crippen molar-refractivity contribution in [3.05, 3.63) is 58.4 Å². The lowest BCUT2D eigenvalue weighted by Crippen LogP contribution is -2.03. The van der Waals surface area contributed by atoms with E-state index >= 15 is 0 Å². The summed E-state index contributed by atoms with van der Waals surface area (Å²) in [6.45, 7) is 0. The van der Waals surface area contributed by atoms with Crippen molar-refractivity contribution in [2.24, 2.45) is 0 Å². The van der Waals surface area contributed by atoms with Gasteiger partial charge in [-0.25, -0.2) is 4.39 Å². The fourth-order valence-electron chi connectivity index (χ4n) is 1.97. The molecule has 0 spiro atoms. The molecule has 0 aromatic heterocycles. The molecule has 0 aliphatic heterocycles. The molecule has 2 aromatic carbocycles. The van der Waals surface area contributed by atoms with Gasteiger partial charge in [0.1, 0.15) is 11.9 Å². The van der Waals surface area contributed by atoms with Crippen LogP contribution < -0.4 is 9.47 Å². The number of benzene rings is 2. The maximum atomic E-state index is 13.2. The lowest BCUT2D eigenvalue weighted by Gasteiger charge is -2.17. The topological polar surface area (TPSA) is 38.7 Å². The Morgan fingerprint density at radius 1 is 1.15 bits per heavy atom. The van der Waals surface area contributed by atoms with Crippen LogP contribution >= 0.6 is 11.6 Å². The van der Waals surface area contributed by atoms with Crippen LogP contribution in [0.4, 0.5) is 4.39 Å². The van der Waals surface area contributed by atoms with Gasteiger partial charge in [-0.1, -0.05) is 29.8 Å². The summed E-state index contributed by atoms with van der Waals surface area (Å²) in [6.07, 6.45) is -1.04. The van der Waals surface area contributed by atoms with Gasteiger partial charge in [0.2, 0.25) is 0 Å². The van der Waals surface area contributed by atoms with Gasteiger partial charge in [0.15, 0.2) is 11.5 Å². The summed E-state index contributed by atoms with van der Waals surface area (Å²) in [4.78, 5) is 0. The van der Waals surface area contributed by atoms with Crippen molar-refractivity contribution >= 4 is 11.6 Å². The van der Waals surface area contributed by atoms with E-state index in [4.69, 9.17) is 21.1 Å². The van der Waals surface area contributed by atoms with Gasteiger partial charge in [-0.15, -0.1) is 0 Å². The predicted molar refractivity (Wildman–Crippen MR) is 75.0 cm³/mol. The Labute approximate surface area is 121 Å². The molecule has 0 aliphatic rings. The monoisotopic (exact) mass is 296 g/mol. The quantitative estimate of drug-likeness (QED) is 0.937. The Bertz CT molecular complexity index is 616. The van der Waals surface area contributed by atoms with E-state index in [0.717, 1.165) is 0 Å². The van der Waals surface area contributed by atoms with Crippen LogP contribution in [0.2, 0.25) is 5.02 Å². The Morgan fingerprint density at radius 3 is 2.50 bits per heavy atom. The third-order valence-corrected chi connectivity index (χ3v) is 3.36. The number of hydrogen-bond acceptors (Lipinski definition) is 3. The minimum absolute atomic E-state index is 0.239. The van der Waals surface area contributed by atoms with Crippen LogP contribution in [0.15, 0.2) is 36.4 Å². The van der Waals surface area contributed by atoms with E-state index in [1.54, 1.807) is 18.2 Å². The third-order valence-electron chi connectivity index (χ3n) is 2.97. The molecule has 1 atom stereocenters. The van der Waals surface area contributed by atoms with Gasteiger partial charge in [-0.05, 0) is 23.8 Å². The molecule has 0 saturated heterocycles. The average molecular weight is 297 g/mol. The molecule has 0 fully saturated rings. The molecule has 0 amide bonds. The van der Waals surface area contributed by atoms with Crippen LogP contribution in [0.3, 0.4) is 0 Å². The Morgan fingerprint density at radius 2 is 1.90 bits per heavy atom. The highest BCUT2D eigenvalue weighted by molar-refractivity contribution is 6.33. The largest absolute Gasteiger partial charge is 0.493 e. The number of rotatable bonds is 4. The number of aliphatic hydroxyl groups excluding tert-OH is 1. The van der Waals surface area contributed by atoms with E-state index in [1.807, 2.05) is 0 Å². The maximum absolute atomic E-state index is 13.2. The van der Waals surface area contributed by atoms with Gasteiger partial charge >= 0.3 is 0 Å². The van der Waals surface area contributed by atoms with Crippen molar-refractivity contribution in [2.75, 3.05) is 14.2 Å². The second-order valence-electron chi connectivity index (χ2n) is 4.16. The minimum Gasteiger partial charge on any atom is -0.493 e. The van der Waals surface area contributed by atoms with E-state index in [1.165, 1.54) is 32.4 Å². The first kappa shape index (κ1) is 14.6. The smallest absolute Gasteiger partial charge is 0.179 e. The molecule has 2 rings (SSSR count). The van der Waals surface area contributed by atoms with Crippen LogP contribution in [0.5, 0.6) is 11.5 Å². The molecule has 0 saturated carbocycles. The average Bonchev–Trinajstić information content (AvgIpc) is 2.46. The molecule has 106 valence electrons. The summed E-state index contributed by atoms with van der Waals surface area (Å²) in [7, 11) is 2.96. The summed E-state index contributed by atoms with van der Waals surface area (Å²) in [5.41, 5.74) is 0.842. The first-order chi connectivity index (χ1) is 9.58. The van der Waals surface area contributed by atoms with Crippen molar-refractivity contribution in [2.45, 2.75) is 6.10 Å². The van der Waals surface area contributed by atoms with Crippen molar-refractivity contribution in [3.63, 3.8) is 0 Å². The molecule has 3 nitrogen and oxygen atoms in total. The molecule has 1 N–H and O–H groups in total. The zero-order chi connectivity index (χ0) is 14.7. The first-order valence-electron chi connectivity index (χ1n) is 5.92. The van der Waals surface area contributed by atoms with Gasteiger partial charge < -0.3 is 14.6 Å². The molecular formula is C15H14ClFO3. The summed E-state index contributed by atoms with van der Waals surface area (Å²) < 4.78 is 23.5. The third kappa shape index (κ3) is 2.71. The second kappa shape index (κ2) is 6.11. The summed E-state index contributed by atoms with van der Waals surface area (Å²) in [5, 5.41) is 10.6. The Balaban J connectivity index is 2.47. The minimum atomic E-state index is -1.04. The normalized spacial score (nSPS) is 12.1. The highest BCUT2D eigenvalue weighted by atomic mass is 35.5. The fraction of sp³-hybridized carbons (Fsp3) is 0.200. The van der Waals surface area contributed by atoms with E-state index in [-0.39, 0.29) is 5.02 Å². The van der Waals surface area contributed by atoms with E-state index < -0.39 is 11.9 Å². The van der Waals surface area contributed by atoms with Gasteiger partial charge in [0.05, 0.1) is 19.2 Å². The van der Waals surface area contributed by atoms with Crippen LogP contribution in [-0.2, 0) is 0 Å². The molecule has 0 heterocycles. The van der Waals surface area contributed by atoms with Crippen LogP contribution in [0.25, 0.3) is 0 Å². The van der Waals surface area contributed by atoms with Gasteiger partial charge in [0, 0.05) is 5.56 Å². The number of aliphatic hydroxyl groups is 1. The fourth-order valence-corrected chi connectivity index (χ4v) is 2.31. The standard InChI is InChI=1S/C15H14ClFO3/c1-19-12-7-6-11(13(16)15(12)20-2)14(18)9-4-3-5-10(17)8-9/h3-8,14,18H,1-2H3. The van der Waals surface area contributed by atoms with Crippen molar-refractivity contribution in [1.29, 1.82) is 0 Å². The molecule has 0 radical (unpaired) electrons. The van der Waals surface area contributed by atoms with E-state index in [9.17, 15) is 9.50 Å². The van der Waals surface area contributed by atoms with E-state index in [2.05, 4.69) is 0 Å². The van der Waals surface area contributed by atoms with Crippen molar-refractivity contribution in [3.8, 4) is 11.5 Å². The highest BCUT2D eigenvalue weighted by Gasteiger charge is 2.20. The molecule has 1 unspecified atom stereocenters. The molecule has 2 aromatic rings. The second-order valence-corrected chi connectivity index (χ2v) is 4.54. The Hall–Kier alpha value is -1.78. The first-order valence-corrected chi connectivity index (χ1v) is 6.30. The molecular weight excluding hydrogens is 283 g/mol. The van der Waals surface area contributed by atoms with E-state index in [0.29, 0.717) is 22.6 Å². The number of ether oxygens (including phenoxy) is 2. The zero-order valence-corrected chi connectivity index (χ0v) is 11.8. The maximum Gasteiger partial charge on any atom is 0.179 e. The van der Waals surface area contributed by atoms with Gasteiger partial charge in [-0.3, -0.25) is 0 Å².